The first-order chi connectivity index (χ1) is 18.0. The molecule has 0 bridgehead atoms. The van der Waals surface area contributed by atoms with Crippen LogP contribution in [0.4, 0.5) is 0 Å². The van der Waals surface area contributed by atoms with E-state index in [-0.39, 0.29) is 11.9 Å². The number of rotatable bonds is 11. The second kappa shape index (κ2) is 12.4. The summed E-state index contributed by atoms with van der Waals surface area (Å²) in [4.78, 5) is 24.0. The highest BCUT2D eigenvalue weighted by Crippen LogP contribution is 2.28. The molecular formula is C31H29NO5. The van der Waals surface area contributed by atoms with Gasteiger partial charge in [0.1, 0.15) is 17.2 Å². The Morgan fingerprint density at radius 2 is 1.41 bits per heavy atom. The molecule has 188 valence electrons. The lowest BCUT2D eigenvalue weighted by atomic mass is 9.98. The van der Waals surface area contributed by atoms with Gasteiger partial charge in [0.15, 0.2) is 6.61 Å². The van der Waals surface area contributed by atoms with E-state index >= 15 is 0 Å². The van der Waals surface area contributed by atoms with Crippen molar-refractivity contribution in [3.63, 3.8) is 0 Å². The number of carbonyl (C=O) groups excluding carboxylic acids is 1. The highest BCUT2D eigenvalue weighted by Gasteiger charge is 2.16. The van der Waals surface area contributed by atoms with Crippen LogP contribution < -0.4 is 14.8 Å². The Morgan fingerprint density at radius 3 is 2.00 bits per heavy atom. The van der Waals surface area contributed by atoms with Crippen LogP contribution >= 0.6 is 0 Å². The molecule has 4 rings (SSSR count). The van der Waals surface area contributed by atoms with E-state index in [0.29, 0.717) is 35.7 Å². The van der Waals surface area contributed by atoms with Crippen LogP contribution in [0, 0.1) is 6.92 Å². The zero-order chi connectivity index (χ0) is 26.0. The van der Waals surface area contributed by atoms with Gasteiger partial charge in [0, 0.05) is 11.6 Å². The predicted molar refractivity (Wildman–Crippen MR) is 142 cm³/mol. The molecule has 0 heterocycles. The molecule has 0 aromatic heterocycles. The second-order valence-corrected chi connectivity index (χ2v) is 8.79. The van der Waals surface area contributed by atoms with Crippen molar-refractivity contribution in [2.75, 3.05) is 6.61 Å². The standard InChI is InChI=1S/C31H29NO5/c1-22-17-28(15-16-29(22)36-21-30(33)34)37-27-14-8-13-25(20-27)31(35)32-26(18-23-9-4-2-5-10-23)19-24-11-6-3-7-12-24/h2-17,20,26H,18-19,21H2,1H3,(H,32,35)(H,33,34). The van der Waals surface area contributed by atoms with E-state index in [0.717, 1.165) is 16.7 Å². The fraction of sp³-hybridized carbons (Fsp3) is 0.161. The van der Waals surface area contributed by atoms with Crippen molar-refractivity contribution < 1.29 is 24.2 Å². The van der Waals surface area contributed by atoms with Crippen molar-refractivity contribution in [1.82, 2.24) is 5.32 Å². The van der Waals surface area contributed by atoms with Gasteiger partial charge in [0.25, 0.3) is 5.91 Å². The first-order valence-electron chi connectivity index (χ1n) is 12.1. The highest BCUT2D eigenvalue weighted by atomic mass is 16.5. The third-order valence-electron chi connectivity index (χ3n) is 5.81. The molecule has 37 heavy (non-hydrogen) atoms. The molecule has 0 aliphatic rings. The van der Waals surface area contributed by atoms with Crippen LogP contribution in [0.2, 0.25) is 0 Å². The van der Waals surface area contributed by atoms with Crippen LogP contribution in [0.1, 0.15) is 27.0 Å². The normalized spacial score (nSPS) is 10.6. The van der Waals surface area contributed by atoms with Gasteiger partial charge in [-0.05, 0) is 72.9 Å². The number of ether oxygens (including phenoxy) is 2. The van der Waals surface area contributed by atoms with Gasteiger partial charge in [0.2, 0.25) is 0 Å². The average molecular weight is 496 g/mol. The number of carboxylic acids is 1. The second-order valence-electron chi connectivity index (χ2n) is 8.79. The molecule has 1 amide bonds. The van der Waals surface area contributed by atoms with Gasteiger partial charge in [-0.2, -0.15) is 0 Å². The van der Waals surface area contributed by atoms with Gasteiger partial charge in [0.05, 0.1) is 0 Å². The monoisotopic (exact) mass is 495 g/mol. The van der Waals surface area contributed by atoms with E-state index in [1.54, 1.807) is 42.5 Å². The molecule has 0 saturated carbocycles. The molecule has 2 N–H and O–H groups in total. The van der Waals surface area contributed by atoms with Gasteiger partial charge in [-0.3, -0.25) is 4.79 Å². The largest absolute Gasteiger partial charge is 0.482 e. The number of hydrogen-bond acceptors (Lipinski definition) is 4. The van der Waals surface area contributed by atoms with Crippen molar-refractivity contribution in [1.29, 1.82) is 0 Å². The van der Waals surface area contributed by atoms with Gasteiger partial charge >= 0.3 is 5.97 Å². The van der Waals surface area contributed by atoms with Gasteiger partial charge < -0.3 is 19.9 Å². The molecule has 0 aliphatic carbocycles. The van der Waals surface area contributed by atoms with Crippen LogP contribution in [0.3, 0.4) is 0 Å². The van der Waals surface area contributed by atoms with Gasteiger partial charge in [-0.1, -0.05) is 66.7 Å². The molecule has 6 nitrogen and oxygen atoms in total. The third kappa shape index (κ3) is 7.70. The predicted octanol–water partition coefficient (Wildman–Crippen LogP) is 5.83. The number of benzene rings is 4. The van der Waals surface area contributed by atoms with E-state index in [2.05, 4.69) is 29.6 Å². The third-order valence-corrected chi connectivity index (χ3v) is 5.81. The Labute approximate surface area is 216 Å². The number of carboxylic acid groups (broad SMARTS) is 1. The minimum absolute atomic E-state index is 0.0807. The number of carbonyl (C=O) groups is 2. The zero-order valence-electron chi connectivity index (χ0n) is 20.6. The molecule has 4 aromatic rings. The topological polar surface area (TPSA) is 84.9 Å². The van der Waals surface area contributed by atoms with E-state index in [9.17, 15) is 9.59 Å². The summed E-state index contributed by atoms with van der Waals surface area (Å²) in [7, 11) is 0. The Morgan fingerprint density at radius 1 is 0.784 bits per heavy atom. The Bertz CT molecular complexity index is 1300. The summed E-state index contributed by atoms with van der Waals surface area (Å²) in [6.07, 6.45) is 1.43. The summed E-state index contributed by atoms with van der Waals surface area (Å²) < 4.78 is 11.2. The lowest BCUT2D eigenvalue weighted by Crippen LogP contribution is -2.38. The number of nitrogens with one attached hydrogen (secondary N) is 1. The van der Waals surface area contributed by atoms with Crippen molar-refractivity contribution in [3.05, 3.63) is 125 Å². The molecule has 0 fully saturated rings. The molecule has 0 radical (unpaired) electrons. The first kappa shape index (κ1) is 25.5. The van der Waals surface area contributed by atoms with Crippen LogP contribution in [-0.2, 0) is 17.6 Å². The highest BCUT2D eigenvalue weighted by molar-refractivity contribution is 5.94. The molecule has 0 spiro atoms. The molecule has 0 unspecified atom stereocenters. The van der Waals surface area contributed by atoms with E-state index in [1.165, 1.54) is 0 Å². The summed E-state index contributed by atoms with van der Waals surface area (Å²) in [5, 5.41) is 12.0. The average Bonchev–Trinajstić information content (AvgIpc) is 2.89. The van der Waals surface area contributed by atoms with E-state index in [4.69, 9.17) is 14.6 Å². The lowest BCUT2D eigenvalue weighted by Gasteiger charge is -2.20. The van der Waals surface area contributed by atoms with Crippen LogP contribution in [0.25, 0.3) is 0 Å². The van der Waals surface area contributed by atoms with E-state index in [1.807, 2.05) is 43.3 Å². The summed E-state index contributed by atoms with van der Waals surface area (Å²) in [6.45, 7) is 1.40. The number of aryl methyl sites for hydroxylation is 1. The molecule has 0 atom stereocenters. The fourth-order valence-electron chi connectivity index (χ4n) is 4.06. The van der Waals surface area contributed by atoms with Gasteiger partial charge in [-0.25, -0.2) is 4.79 Å². The maximum atomic E-state index is 13.2. The summed E-state index contributed by atoms with van der Waals surface area (Å²) in [5.41, 5.74) is 3.57. The summed E-state index contributed by atoms with van der Waals surface area (Å²) in [5.74, 6) is 0.351. The van der Waals surface area contributed by atoms with Crippen molar-refractivity contribution in [2.45, 2.75) is 25.8 Å². The molecule has 0 aliphatic heterocycles. The molecule has 6 heteroatoms. The van der Waals surface area contributed by atoms with Crippen LogP contribution in [-0.4, -0.2) is 29.6 Å². The number of hydrogen-bond donors (Lipinski definition) is 2. The van der Waals surface area contributed by atoms with E-state index < -0.39 is 12.6 Å². The number of amides is 1. The maximum Gasteiger partial charge on any atom is 0.341 e. The Balaban J connectivity index is 1.45. The minimum atomic E-state index is -1.04. The smallest absolute Gasteiger partial charge is 0.341 e. The van der Waals surface area contributed by atoms with Crippen molar-refractivity contribution >= 4 is 11.9 Å². The minimum Gasteiger partial charge on any atom is -0.482 e. The molecule has 4 aromatic carbocycles. The maximum absolute atomic E-state index is 13.2. The quantitative estimate of drug-likeness (QED) is 0.273. The van der Waals surface area contributed by atoms with Crippen LogP contribution in [0.15, 0.2) is 103 Å². The van der Waals surface area contributed by atoms with Crippen molar-refractivity contribution in [3.8, 4) is 17.2 Å². The summed E-state index contributed by atoms with van der Waals surface area (Å²) >= 11 is 0. The fourth-order valence-corrected chi connectivity index (χ4v) is 4.06. The SMILES string of the molecule is Cc1cc(Oc2cccc(C(=O)NC(Cc3ccccc3)Cc3ccccc3)c2)ccc1OCC(=O)O. The molecule has 0 saturated heterocycles. The zero-order valence-corrected chi connectivity index (χ0v) is 20.6. The lowest BCUT2D eigenvalue weighted by molar-refractivity contribution is -0.139. The van der Waals surface area contributed by atoms with Gasteiger partial charge in [-0.15, -0.1) is 0 Å². The molecular weight excluding hydrogens is 466 g/mol. The Kier molecular flexibility index (Phi) is 8.55. The first-order valence-corrected chi connectivity index (χ1v) is 12.1. The Hall–Kier alpha value is -4.58. The van der Waals surface area contributed by atoms with Crippen LogP contribution in [0.5, 0.6) is 17.2 Å². The van der Waals surface area contributed by atoms with Crippen molar-refractivity contribution in [2.24, 2.45) is 0 Å². The number of aliphatic carboxylic acids is 1. The summed E-state index contributed by atoms with van der Waals surface area (Å²) in [6, 6.07) is 32.3.